The van der Waals surface area contributed by atoms with Gasteiger partial charge in [0.15, 0.2) is 0 Å². The molecule has 0 spiro atoms. The summed E-state index contributed by atoms with van der Waals surface area (Å²) in [6.07, 6.45) is 0. The van der Waals surface area contributed by atoms with Gasteiger partial charge >= 0.3 is 0 Å². The first-order chi connectivity index (χ1) is 16.4. The van der Waals surface area contributed by atoms with Crippen LogP contribution in [0.5, 0.6) is 0 Å². The van der Waals surface area contributed by atoms with E-state index in [4.69, 9.17) is 0 Å². The van der Waals surface area contributed by atoms with Gasteiger partial charge in [0.2, 0.25) is 0 Å². The van der Waals surface area contributed by atoms with Crippen LogP contribution in [0.15, 0.2) is 78.9 Å². The maximum atomic E-state index is 14.4. The topological polar surface area (TPSA) is 23.6 Å². The second-order valence-corrected chi connectivity index (χ2v) is 9.98. The average molecular weight is 459 g/mol. The standard InChI is InChI=1S/C30H35FN2O/c1-22(2)17-33(30(34)27-15-9-7-11-23(27)3)20-26-19-32(18-25-14-8-10-16-29(25)31)21-28(26)24-12-5-4-6-13-24/h4-16,22,26,28H,17-21H2,1-3H3. The third kappa shape index (κ3) is 5.74. The summed E-state index contributed by atoms with van der Waals surface area (Å²) in [6.45, 7) is 10.0. The van der Waals surface area contributed by atoms with Gasteiger partial charge in [-0.1, -0.05) is 80.6 Å². The molecule has 3 nitrogen and oxygen atoms in total. The zero-order valence-corrected chi connectivity index (χ0v) is 20.5. The van der Waals surface area contributed by atoms with Gasteiger partial charge in [-0.3, -0.25) is 9.69 Å². The van der Waals surface area contributed by atoms with Gasteiger partial charge in [0.1, 0.15) is 5.82 Å². The normalized spacial score (nSPS) is 18.4. The first kappa shape index (κ1) is 24.2. The van der Waals surface area contributed by atoms with Crippen molar-refractivity contribution in [1.29, 1.82) is 0 Å². The molecule has 0 saturated carbocycles. The van der Waals surface area contributed by atoms with Crippen LogP contribution in [0.25, 0.3) is 0 Å². The van der Waals surface area contributed by atoms with E-state index >= 15 is 0 Å². The number of aryl methyl sites for hydroxylation is 1. The van der Waals surface area contributed by atoms with E-state index in [-0.39, 0.29) is 17.6 Å². The molecule has 2 atom stereocenters. The minimum atomic E-state index is -0.154. The van der Waals surface area contributed by atoms with Gasteiger partial charge in [-0.05, 0) is 42.0 Å². The molecule has 1 saturated heterocycles. The lowest BCUT2D eigenvalue weighted by molar-refractivity contribution is 0.0702. The Morgan fingerprint density at radius 3 is 2.35 bits per heavy atom. The lowest BCUT2D eigenvalue weighted by atomic mass is 9.88. The van der Waals surface area contributed by atoms with Gasteiger partial charge in [-0.15, -0.1) is 0 Å². The van der Waals surface area contributed by atoms with Crippen LogP contribution in [-0.4, -0.2) is 41.9 Å². The number of halogens is 1. The van der Waals surface area contributed by atoms with Crippen LogP contribution in [-0.2, 0) is 6.54 Å². The number of benzene rings is 3. The molecule has 1 amide bonds. The highest BCUT2D eigenvalue weighted by molar-refractivity contribution is 5.95. The third-order valence-electron chi connectivity index (χ3n) is 6.80. The van der Waals surface area contributed by atoms with Crippen LogP contribution >= 0.6 is 0 Å². The average Bonchev–Trinajstić information content (AvgIpc) is 3.22. The Hall–Kier alpha value is -2.98. The minimum Gasteiger partial charge on any atom is -0.338 e. The molecule has 4 heteroatoms. The molecule has 0 radical (unpaired) electrons. The highest BCUT2D eigenvalue weighted by Crippen LogP contribution is 2.35. The summed E-state index contributed by atoms with van der Waals surface area (Å²) in [6, 6.07) is 25.4. The number of hydrogen-bond acceptors (Lipinski definition) is 2. The van der Waals surface area contributed by atoms with Crippen molar-refractivity contribution in [3.8, 4) is 0 Å². The smallest absolute Gasteiger partial charge is 0.254 e. The number of carbonyl (C=O) groups is 1. The van der Waals surface area contributed by atoms with Crippen LogP contribution in [0.4, 0.5) is 4.39 Å². The molecular weight excluding hydrogens is 423 g/mol. The number of rotatable bonds is 8. The predicted molar refractivity (Wildman–Crippen MR) is 136 cm³/mol. The summed E-state index contributed by atoms with van der Waals surface area (Å²) in [7, 11) is 0. The molecule has 0 aromatic heterocycles. The molecule has 1 aliphatic rings. The molecular formula is C30H35FN2O. The van der Waals surface area contributed by atoms with Crippen molar-refractivity contribution in [2.24, 2.45) is 11.8 Å². The van der Waals surface area contributed by atoms with E-state index in [1.54, 1.807) is 6.07 Å². The molecule has 1 aliphatic heterocycles. The summed E-state index contributed by atoms with van der Waals surface area (Å²) in [4.78, 5) is 18.0. The highest BCUT2D eigenvalue weighted by atomic mass is 19.1. The molecule has 2 unspecified atom stereocenters. The second-order valence-electron chi connectivity index (χ2n) is 9.98. The lowest BCUT2D eigenvalue weighted by Crippen LogP contribution is -2.40. The van der Waals surface area contributed by atoms with Crippen LogP contribution in [0.2, 0.25) is 0 Å². The molecule has 0 aliphatic carbocycles. The molecule has 34 heavy (non-hydrogen) atoms. The van der Waals surface area contributed by atoms with Crippen LogP contribution in [0, 0.1) is 24.6 Å². The summed E-state index contributed by atoms with van der Waals surface area (Å²) in [5.41, 5.74) is 3.80. The first-order valence-corrected chi connectivity index (χ1v) is 12.3. The predicted octanol–water partition coefficient (Wildman–Crippen LogP) is 6.15. The highest BCUT2D eigenvalue weighted by Gasteiger charge is 2.36. The Kier molecular flexibility index (Phi) is 7.79. The Labute approximate surface area is 203 Å². The van der Waals surface area contributed by atoms with E-state index < -0.39 is 0 Å². The van der Waals surface area contributed by atoms with Crippen LogP contribution in [0.1, 0.15) is 46.8 Å². The molecule has 0 N–H and O–H groups in total. The fourth-order valence-corrected chi connectivity index (χ4v) is 5.17. The lowest BCUT2D eigenvalue weighted by Gasteiger charge is -2.30. The molecule has 1 fully saturated rings. The number of amides is 1. The van der Waals surface area contributed by atoms with E-state index in [0.717, 1.165) is 36.3 Å². The maximum absolute atomic E-state index is 14.4. The molecule has 1 heterocycles. The Bertz CT molecular complexity index is 1100. The van der Waals surface area contributed by atoms with E-state index in [1.807, 2.05) is 54.3 Å². The summed E-state index contributed by atoms with van der Waals surface area (Å²) < 4.78 is 14.4. The van der Waals surface area contributed by atoms with Gasteiger partial charge in [0.25, 0.3) is 5.91 Å². The second kappa shape index (κ2) is 11.0. The van der Waals surface area contributed by atoms with Crippen molar-refractivity contribution in [3.63, 3.8) is 0 Å². The van der Waals surface area contributed by atoms with E-state index in [1.165, 1.54) is 11.6 Å². The van der Waals surface area contributed by atoms with Gasteiger partial charge < -0.3 is 4.90 Å². The summed E-state index contributed by atoms with van der Waals surface area (Å²) in [5, 5.41) is 0. The fourth-order valence-electron chi connectivity index (χ4n) is 5.17. The quantitative estimate of drug-likeness (QED) is 0.404. The molecule has 4 rings (SSSR count). The van der Waals surface area contributed by atoms with Crippen molar-refractivity contribution in [3.05, 3.63) is 107 Å². The van der Waals surface area contributed by atoms with Gasteiger partial charge in [0, 0.05) is 49.8 Å². The van der Waals surface area contributed by atoms with E-state index in [2.05, 4.69) is 43.0 Å². The largest absolute Gasteiger partial charge is 0.338 e. The van der Waals surface area contributed by atoms with Crippen LogP contribution in [0.3, 0.4) is 0 Å². The van der Waals surface area contributed by atoms with Crippen molar-refractivity contribution in [2.45, 2.75) is 33.2 Å². The fraction of sp³-hybridized carbons (Fsp3) is 0.367. The van der Waals surface area contributed by atoms with Crippen molar-refractivity contribution < 1.29 is 9.18 Å². The maximum Gasteiger partial charge on any atom is 0.254 e. The first-order valence-electron chi connectivity index (χ1n) is 12.3. The zero-order chi connectivity index (χ0) is 24.1. The van der Waals surface area contributed by atoms with Gasteiger partial charge in [-0.25, -0.2) is 4.39 Å². The van der Waals surface area contributed by atoms with Crippen molar-refractivity contribution in [1.82, 2.24) is 9.80 Å². The zero-order valence-electron chi connectivity index (χ0n) is 20.5. The number of likely N-dealkylation sites (tertiary alicyclic amines) is 1. The Morgan fingerprint density at radius 1 is 0.971 bits per heavy atom. The third-order valence-corrected chi connectivity index (χ3v) is 6.80. The molecule has 3 aromatic carbocycles. The summed E-state index contributed by atoms with van der Waals surface area (Å²) in [5.74, 6) is 0.900. The molecule has 0 bridgehead atoms. The SMILES string of the molecule is Cc1ccccc1C(=O)N(CC(C)C)CC1CN(Cc2ccccc2F)CC1c1ccccc1. The number of hydrogen-bond donors (Lipinski definition) is 0. The minimum absolute atomic E-state index is 0.103. The Balaban J connectivity index is 1.59. The number of carbonyl (C=O) groups excluding carboxylic acids is 1. The molecule has 178 valence electrons. The van der Waals surface area contributed by atoms with Gasteiger partial charge in [-0.2, -0.15) is 0 Å². The number of nitrogens with zero attached hydrogens (tertiary/aromatic N) is 2. The summed E-state index contributed by atoms with van der Waals surface area (Å²) >= 11 is 0. The molecule has 3 aromatic rings. The van der Waals surface area contributed by atoms with E-state index in [0.29, 0.717) is 24.9 Å². The van der Waals surface area contributed by atoms with Gasteiger partial charge in [0.05, 0.1) is 0 Å². The monoisotopic (exact) mass is 458 g/mol. The van der Waals surface area contributed by atoms with Crippen LogP contribution < -0.4 is 0 Å². The van der Waals surface area contributed by atoms with E-state index in [9.17, 15) is 9.18 Å². The van der Waals surface area contributed by atoms with Crippen molar-refractivity contribution in [2.75, 3.05) is 26.2 Å². The van der Waals surface area contributed by atoms with Crippen molar-refractivity contribution >= 4 is 5.91 Å². The Morgan fingerprint density at radius 2 is 1.65 bits per heavy atom.